The van der Waals surface area contributed by atoms with Gasteiger partial charge in [-0.25, -0.2) is 0 Å². The van der Waals surface area contributed by atoms with E-state index in [0.29, 0.717) is 5.41 Å². The van der Waals surface area contributed by atoms with Crippen LogP contribution < -0.4 is 10.6 Å². The van der Waals surface area contributed by atoms with Gasteiger partial charge < -0.3 is 15.4 Å². The van der Waals surface area contributed by atoms with E-state index in [4.69, 9.17) is 9.73 Å². The van der Waals surface area contributed by atoms with Crippen LogP contribution in [0.4, 0.5) is 0 Å². The number of nitrogens with zero attached hydrogens (tertiary/aromatic N) is 2. The van der Waals surface area contributed by atoms with Crippen LogP contribution in [-0.4, -0.2) is 63.3 Å². The molecule has 5 nitrogen and oxygen atoms in total. The van der Waals surface area contributed by atoms with Gasteiger partial charge in [0.1, 0.15) is 0 Å². The zero-order chi connectivity index (χ0) is 17.3. The Kier molecular flexibility index (Phi) is 11.3. The molecule has 2 N–H and O–H groups in total. The molecule has 0 aromatic rings. The molecule has 1 heterocycles. The molecule has 2 rings (SSSR count). The first-order chi connectivity index (χ1) is 11.6. The van der Waals surface area contributed by atoms with Crippen LogP contribution in [0.3, 0.4) is 0 Å². The first-order valence-electron chi connectivity index (χ1n) is 9.96. The van der Waals surface area contributed by atoms with Crippen molar-refractivity contribution < 1.29 is 4.74 Å². The standard InChI is InChI=1S/C19H38N4O.HI/c1-4-20-18(21-9-6-10-23-11-13-24-14-12-23)22-16-19(7-5-8-19)15-17(2)3;/h17H,4-16H2,1-3H3,(H2,20,21,22);1H. The van der Waals surface area contributed by atoms with Crippen molar-refractivity contribution in [3.05, 3.63) is 0 Å². The quantitative estimate of drug-likeness (QED) is 0.237. The molecular weight excluding hydrogens is 427 g/mol. The Balaban J connectivity index is 0.00000312. The topological polar surface area (TPSA) is 48.9 Å². The van der Waals surface area contributed by atoms with Crippen LogP contribution in [-0.2, 0) is 4.74 Å². The van der Waals surface area contributed by atoms with Crippen molar-refractivity contribution in [3.8, 4) is 0 Å². The molecule has 0 bridgehead atoms. The van der Waals surface area contributed by atoms with Gasteiger partial charge in [0.2, 0.25) is 0 Å². The molecule has 2 aliphatic rings. The summed E-state index contributed by atoms with van der Waals surface area (Å²) in [6.07, 6.45) is 6.55. The van der Waals surface area contributed by atoms with Crippen molar-refractivity contribution in [1.82, 2.24) is 15.5 Å². The number of guanidine groups is 1. The summed E-state index contributed by atoms with van der Waals surface area (Å²) >= 11 is 0. The molecule has 0 spiro atoms. The molecule has 0 unspecified atom stereocenters. The smallest absolute Gasteiger partial charge is 0.191 e. The molecule has 148 valence electrons. The van der Waals surface area contributed by atoms with Crippen molar-refractivity contribution in [2.24, 2.45) is 16.3 Å². The zero-order valence-electron chi connectivity index (χ0n) is 16.5. The number of ether oxygens (including phenoxy) is 1. The molecule has 2 fully saturated rings. The summed E-state index contributed by atoms with van der Waals surface area (Å²) in [5.74, 6) is 1.76. The Labute approximate surface area is 171 Å². The summed E-state index contributed by atoms with van der Waals surface area (Å²) in [6.45, 7) is 14.8. The molecule has 25 heavy (non-hydrogen) atoms. The first-order valence-corrected chi connectivity index (χ1v) is 9.96. The minimum Gasteiger partial charge on any atom is -0.379 e. The van der Waals surface area contributed by atoms with Gasteiger partial charge in [0, 0.05) is 32.7 Å². The van der Waals surface area contributed by atoms with E-state index in [1.807, 2.05) is 0 Å². The highest BCUT2D eigenvalue weighted by atomic mass is 127. The lowest BCUT2D eigenvalue weighted by Crippen LogP contribution is -2.42. The second-order valence-corrected chi connectivity index (χ2v) is 7.88. The van der Waals surface area contributed by atoms with Gasteiger partial charge >= 0.3 is 0 Å². The summed E-state index contributed by atoms with van der Waals surface area (Å²) in [6, 6.07) is 0. The van der Waals surface area contributed by atoms with Gasteiger partial charge in [-0.15, -0.1) is 24.0 Å². The Morgan fingerprint density at radius 3 is 2.48 bits per heavy atom. The normalized spacial score (nSPS) is 20.7. The van der Waals surface area contributed by atoms with E-state index >= 15 is 0 Å². The van der Waals surface area contributed by atoms with Crippen molar-refractivity contribution in [2.45, 2.75) is 52.9 Å². The maximum absolute atomic E-state index is 5.40. The predicted octanol–water partition coefficient (Wildman–Crippen LogP) is 3.10. The molecule has 1 aliphatic heterocycles. The van der Waals surface area contributed by atoms with Crippen LogP contribution in [0.15, 0.2) is 4.99 Å². The third kappa shape index (κ3) is 8.43. The van der Waals surface area contributed by atoms with E-state index in [1.54, 1.807) is 0 Å². The van der Waals surface area contributed by atoms with E-state index in [-0.39, 0.29) is 24.0 Å². The third-order valence-corrected chi connectivity index (χ3v) is 5.22. The molecule has 1 aliphatic carbocycles. The fourth-order valence-electron chi connectivity index (χ4n) is 3.89. The van der Waals surface area contributed by atoms with Gasteiger partial charge in [0.15, 0.2) is 5.96 Å². The SMILES string of the molecule is CCNC(=NCC1(CC(C)C)CCC1)NCCCN1CCOCC1.I. The van der Waals surface area contributed by atoms with Gasteiger partial charge in [-0.3, -0.25) is 9.89 Å². The van der Waals surface area contributed by atoms with E-state index in [0.717, 1.165) is 70.8 Å². The monoisotopic (exact) mass is 466 g/mol. The highest BCUT2D eigenvalue weighted by molar-refractivity contribution is 14.0. The molecule has 0 aromatic carbocycles. The first kappa shape index (κ1) is 23.0. The van der Waals surface area contributed by atoms with Crippen LogP contribution >= 0.6 is 24.0 Å². The Morgan fingerprint density at radius 1 is 1.20 bits per heavy atom. The Hall–Kier alpha value is -0.0800. The van der Waals surface area contributed by atoms with E-state index in [9.17, 15) is 0 Å². The molecule has 6 heteroatoms. The maximum Gasteiger partial charge on any atom is 0.191 e. The predicted molar refractivity (Wildman–Crippen MR) is 117 cm³/mol. The number of morpholine rings is 1. The van der Waals surface area contributed by atoms with Crippen LogP contribution in [0.5, 0.6) is 0 Å². The van der Waals surface area contributed by atoms with Gasteiger partial charge in [-0.2, -0.15) is 0 Å². The fourth-order valence-corrected chi connectivity index (χ4v) is 3.89. The lowest BCUT2D eigenvalue weighted by atomic mass is 9.64. The Morgan fingerprint density at radius 2 is 1.92 bits per heavy atom. The van der Waals surface area contributed by atoms with Crippen LogP contribution in [0, 0.1) is 11.3 Å². The molecule has 0 aromatic heterocycles. The van der Waals surface area contributed by atoms with Gasteiger partial charge in [0.05, 0.1) is 13.2 Å². The highest BCUT2D eigenvalue weighted by Crippen LogP contribution is 2.46. The average molecular weight is 466 g/mol. The fraction of sp³-hybridized carbons (Fsp3) is 0.947. The number of nitrogens with one attached hydrogen (secondary N) is 2. The maximum atomic E-state index is 5.40. The molecule has 0 atom stereocenters. The number of hydrogen-bond acceptors (Lipinski definition) is 3. The molecule has 0 radical (unpaired) electrons. The molecule has 1 saturated heterocycles. The zero-order valence-corrected chi connectivity index (χ0v) is 18.8. The number of halogens is 1. The molecule has 0 amide bonds. The number of aliphatic imine (C=N–C) groups is 1. The van der Waals surface area contributed by atoms with E-state index in [1.165, 1.54) is 25.7 Å². The molecule has 1 saturated carbocycles. The van der Waals surface area contributed by atoms with Crippen molar-refractivity contribution in [3.63, 3.8) is 0 Å². The summed E-state index contributed by atoms with van der Waals surface area (Å²) in [4.78, 5) is 7.39. The lowest BCUT2D eigenvalue weighted by molar-refractivity contribution is 0.0376. The van der Waals surface area contributed by atoms with Crippen LogP contribution in [0.2, 0.25) is 0 Å². The van der Waals surface area contributed by atoms with Gasteiger partial charge in [-0.1, -0.05) is 20.3 Å². The number of rotatable bonds is 9. The number of hydrogen-bond donors (Lipinski definition) is 2. The largest absolute Gasteiger partial charge is 0.379 e. The summed E-state index contributed by atoms with van der Waals surface area (Å²) < 4.78 is 5.40. The van der Waals surface area contributed by atoms with E-state index < -0.39 is 0 Å². The van der Waals surface area contributed by atoms with Gasteiger partial charge in [-0.05, 0) is 50.5 Å². The second kappa shape index (κ2) is 12.3. The molecular formula is C19H39IN4O. The minimum absolute atomic E-state index is 0. The van der Waals surface area contributed by atoms with Crippen LogP contribution in [0.1, 0.15) is 52.9 Å². The Bertz CT molecular complexity index is 380. The van der Waals surface area contributed by atoms with Crippen molar-refractivity contribution in [1.29, 1.82) is 0 Å². The van der Waals surface area contributed by atoms with E-state index in [2.05, 4.69) is 36.3 Å². The highest BCUT2D eigenvalue weighted by Gasteiger charge is 2.37. The minimum atomic E-state index is 0. The summed E-state index contributed by atoms with van der Waals surface area (Å²) in [7, 11) is 0. The summed E-state index contributed by atoms with van der Waals surface area (Å²) in [5, 5.41) is 6.92. The lowest BCUT2D eigenvalue weighted by Gasteiger charge is -2.42. The van der Waals surface area contributed by atoms with Gasteiger partial charge in [0.25, 0.3) is 0 Å². The second-order valence-electron chi connectivity index (χ2n) is 7.88. The van der Waals surface area contributed by atoms with Crippen LogP contribution in [0.25, 0.3) is 0 Å². The van der Waals surface area contributed by atoms with Crippen molar-refractivity contribution >= 4 is 29.9 Å². The summed E-state index contributed by atoms with van der Waals surface area (Å²) in [5.41, 5.74) is 0.477. The third-order valence-electron chi connectivity index (χ3n) is 5.22. The average Bonchev–Trinajstić information content (AvgIpc) is 2.54. The van der Waals surface area contributed by atoms with Crippen molar-refractivity contribution in [2.75, 3.05) is 52.5 Å².